The molecule has 1 rings (SSSR count). The average molecular weight is 256 g/mol. The van der Waals surface area contributed by atoms with Crippen LogP contribution in [0.3, 0.4) is 0 Å². The van der Waals surface area contributed by atoms with Gasteiger partial charge in [-0.1, -0.05) is 5.16 Å². The first-order valence-corrected chi connectivity index (χ1v) is 5.49. The molecule has 2 amide bonds. The molecule has 1 aromatic heterocycles. The SMILES string of the molecule is Cc1noc(CNC(=O)N(C)CCCC(=O)O)n1. The molecule has 2 N–H and O–H groups in total. The van der Waals surface area contributed by atoms with Crippen LogP contribution >= 0.6 is 0 Å². The van der Waals surface area contributed by atoms with Crippen molar-refractivity contribution in [2.24, 2.45) is 0 Å². The lowest BCUT2D eigenvalue weighted by atomic mass is 10.3. The fourth-order valence-corrected chi connectivity index (χ4v) is 1.27. The van der Waals surface area contributed by atoms with E-state index in [9.17, 15) is 9.59 Å². The quantitative estimate of drug-likeness (QED) is 0.761. The third-order valence-corrected chi connectivity index (χ3v) is 2.19. The largest absolute Gasteiger partial charge is 0.481 e. The molecule has 0 unspecified atom stereocenters. The third-order valence-electron chi connectivity index (χ3n) is 2.19. The van der Waals surface area contributed by atoms with E-state index in [0.717, 1.165) is 0 Å². The lowest BCUT2D eigenvalue weighted by Gasteiger charge is -2.16. The number of rotatable bonds is 6. The molecule has 0 atom stereocenters. The van der Waals surface area contributed by atoms with E-state index in [2.05, 4.69) is 15.5 Å². The summed E-state index contributed by atoms with van der Waals surface area (Å²) in [6.45, 7) is 2.22. The minimum absolute atomic E-state index is 0.0421. The predicted octanol–water partition coefficient (Wildman–Crippen LogP) is 0.384. The van der Waals surface area contributed by atoms with Gasteiger partial charge in [0, 0.05) is 20.0 Å². The Morgan fingerprint density at radius 2 is 2.22 bits per heavy atom. The van der Waals surface area contributed by atoms with Gasteiger partial charge in [0.2, 0.25) is 5.89 Å². The number of aryl methyl sites for hydroxylation is 1. The molecule has 0 saturated carbocycles. The van der Waals surface area contributed by atoms with Crippen molar-refractivity contribution in [3.63, 3.8) is 0 Å². The molecule has 8 heteroatoms. The maximum atomic E-state index is 11.6. The summed E-state index contributed by atoms with van der Waals surface area (Å²) in [6.07, 6.45) is 0.458. The lowest BCUT2D eigenvalue weighted by Crippen LogP contribution is -2.37. The molecule has 0 radical (unpaired) electrons. The number of aliphatic carboxylic acids is 1. The van der Waals surface area contributed by atoms with Crippen LogP contribution in [0.4, 0.5) is 4.79 Å². The van der Waals surface area contributed by atoms with E-state index in [0.29, 0.717) is 24.7 Å². The van der Waals surface area contributed by atoms with Crippen molar-refractivity contribution < 1.29 is 19.2 Å². The molecule has 0 bridgehead atoms. The second-order valence-electron chi connectivity index (χ2n) is 3.81. The maximum Gasteiger partial charge on any atom is 0.317 e. The highest BCUT2D eigenvalue weighted by atomic mass is 16.5. The Hall–Kier alpha value is -2.12. The van der Waals surface area contributed by atoms with Gasteiger partial charge in [-0.2, -0.15) is 4.98 Å². The zero-order valence-corrected chi connectivity index (χ0v) is 10.3. The molecule has 100 valence electrons. The monoisotopic (exact) mass is 256 g/mol. The Morgan fingerprint density at radius 3 is 2.78 bits per heavy atom. The van der Waals surface area contributed by atoms with Crippen LogP contribution in [-0.2, 0) is 11.3 Å². The number of aromatic nitrogens is 2. The number of hydrogen-bond acceptors (Lipinski definition) is 5. The van der Waals surface area contributed by atoms with Crippen molar-refractivity contribution in [2.45, 2.75) is 26.3 Å². The zero-order chi connectivity index (χ0) is 13.5. The third kappa shape index (κ3) is 4.81. The normalized spacial score (nSPS) is 10.1. The number of urea groups is 1. The van der Waals surface area contributed by atoms with Gasteiger partial charge in [-0.05, 0) is 13.3 Å². The van der Waals surface area contributed by atoms with E-state index in [1.807, 2.05) is 0 Å². The first kappa shape index (κ1) is 13.9. The van der Waals surface area contributed by atoms with Gasteiger partial charge in [0.25, 0.3) is 0 Å². The maximum absolute atomic E-state index is 11.6. The summed E-state index contributed by atoms with van der Waals surface area (Å²) in [5.74, 6) is -0.0287. The van der Waals surface area contributed by atoms with Crippen molar-refractivity contribution in [3.8, 4) is 0 Å². The van der Waals surface area contributed by atoms with Gasteiger partial charge < -0.3 is 19.8 Å². The number of nitrogens with one attached hydrogen (secondary N) is 1. The minimum Gasteiger partial charge on any atom is -0.481 e. The van der Waals surface area contributed by atoms with Crippen LogP contribution in [0, 0.1) is 6.92 Å². The number of nitrogens with zero attached hydrogens (tertiary/aromatic N) is 3. The first-order valence-electron chi connectivity index (χ1n) is 5.49. The highest BCUT2D eigenvalue weighted by Gasteiger charge is 2.10. The van der Waals surface area contributed by atoms with Gasteiger partial charge in [0.1, 0.15) is 0 Å². The summed E-state index contributed by atoms with van der Waals surface area (Å²) in [4.78, 5) is 27.2. The van der Waals surface area contributed by atoms with E-state index in [1.54, 1.807) is 14.0 Å². The van der Waals surface area contributed by atoms with Crippen LogP contribution in [0.15, 0.2) is 4.52 Å². The van der Waals surface area contributed by atoms with Crippen molar-refractivity contribution in [2.75, 3.05) is 13.6 Å². The molecule has 0 aliphatic carbocycles. The Morgan fingerprint density at radius 1 is 1.50 bits per heavy atom. The van der Waals surface area contributed by atoms with Crippen LogP contribution in [0.25, 0.3) is 0 Å². The van der Waals surface area contributed by atoms with Crippen LogP contribution in [-0.4, -0.2) is 45.7 Å². The first-order chi connectivity index (χ1) is 8.49. The second kappa shape index (κ2) is 6.58. The van der Waals surface area contributed by atoms with E-state index >= 15 is 0 Å². The summed E-state index contributed by atoms with van der Waals surface area (Å²) in [5, 5.41) is 14.7. The molecule has 0 fully saturated rings. The lowest BCUT2D eigenvalue weighted by molar-refractivity contribution is -0.137. The molecule has 0 saturated heterocycles. The van der Waals surface area contributed by atoms with E-state index in [4.69, 9.17) is 9.63 Å². The van der Waals surface area contributed by atoms with Gasteiger partial charge in [-0.3, -0.25) is 4.79 Å². The topological polar surface area (TPSA) is 109 Å². The highest BCUT2D eigenvalue weighted by Crippen LogP contribution is 1.97. The summed E-state index contributed by atoms with van der Waals surface area (Å²) >= 11 is 0. The van der Waals surface area contributed by atoms with Crippen LogP contribution in [0.5, 0.6) is 0 Å². The molecule has 8 nitrogen and oxygen atoms in total. The summed E-state index contributed by atoms with van der Waals surface area (Å²) in [6, 6.07) is -0.309. The summed E-state index contributed by atoms with van der Waals surface area (Å²) in [7, 11) is 1.59. The Kier molecular flexibility index (Phi) is 5.09. The average Bonchev–Trinajstić information content (AvgIpc) is 2.71. The van der Waals surface area contributed by atoms with Crippen molar-refractivity contribution in [3.05, 3.63) is 11.7 Å². The van der Waals surface area contributed by atoms with E-state index in [-0.39, 0.29) is 19.0 Å². The second-order valence-corrected chi connectivity index (χ2v) is 3.81. The Labute approximate surface area is 104 Å². The fraction of sp³-hybridized carbons (Fsp3) is 0.600. The molecule has 0 aromatic carbocycles. The molecular weight excluding hydrogens is 240 g/mol. The summed E-state index contributed by atoms with van der Waals surface area (Å²) < 4.78 is 4.83. The Bertz CT molecular complexity index is 418. The highest BCUT2D eigenvalue weighted by molar-refractivity contribution is 5.73. The molecule has 0 aliphatic rings. The molecule has 0 spiro atoms. The van der Waals surface area contributed by atoms with Crippen molar-refractivity contribution in [1.82, 2.24) is 20.4 Å². The van der Waals surface area contributed by atoms with E-state index < -0.39 is 5.97 Å². The molecule has 0 aliphatic heterocycles. The number of hydrogen-bond donors (Lipinski definition) is 2. The van der Waals surface area contributed by atoms with E-state index in [1.165, 1.54) is 4.90 Å². The standard InChI is InChI=1S/C10H16N4O4/c1-7-12-8(18-13-7)6-11-10(17)14(2)5-3-4-9(15)16/h3-6H2,1-2H3,(H,11,17)(H,15,16). The molecular formula is C10H16N4O4. The smallest absolute Gasteiger partial charge is 0.317 e. The van der Waals surface area contributed by atoms with Gasteiger partial charge in [-0.15, -0.1) is 0 Å². The van der Waals surface area contributed by atoms with Crippen molar-refractivity contribution >= 4 is 12.0 Å². The van der Waals surface area contributed by atoms with Gasteiger partial charge in [-0.25, -0.2) is 4.79 Å². The molecule has 1 aromatic rings. The molecule has 18 heavy (non-hydrogen) atoms. The van der Waals surface area contributed by atoms with Crippen molar-refractivity contribution in [1.29, 1.82) is 0 Å². The number of carboxylic acids is 1. The number of carbonyl (C=O) groups excluding carboxylic acids is 1. The Balaban J connectivity index is 2.25. The number of carbonyl (C=O) groups is 2. The van der Waals surface area contributed by atoms with Crippen LogP contribution < -0.4 is 5.32 Å². The molecule has 1 heterocycles. The summed E-state index contributed by atoms with van der Waals surface area (Å²) in [5.41, 5.74) is 0. The van der Waals surface area contributed by atoms with Gasteiger partial charge in [0.15, 0.2) is 5.82 Å². The number of amides is 2. The van der Waals surface area contributed by atoms with Gasteiger partial charge in [0.05, 0.1) is 6.54 Å². The minimum atomic E-state index is -0.870. The van der Waals surface area contributed by atoms with Crippen LogP contribution in [0.2, 0.25) is 0 Å². The predicted molar refractivity (Wildman–Crippen MR) is 60.8 cm³/mol. The van der Waals surface area contributed by atoms with Gasteiger partial charge >= 0.3 is 12.0 Å². The zero-order valence-electron chi connectivity index (χ0n) is 10.3. The van der Waals surface area contributed by atoms with Crippen LogP contribution in [0.1, 0.15) is 24.6 Å². The fourth-order valence-electron chi connectivity index (χ4n) is 1.27. The number of carboxylic acid groups (broad SMARTS) is 1.